The van der Waals surface area contributed by atoms with Gasteiger partial charge in [-0.15, -0.1) is 0 Å². The first-order valence-corrected chi connectivity index (χ1v) is 11.8. The first-order chi connectivity index (χ1) is 16.7. The molecule has 0 saturated heterocycles. The maximum atomic E-state index is 6.01. The normalized spacial score (nSPS) is 12.7. The van der Waals surface area contributed by atoms with Crippen LogP contribution in [-0.2, 0) is 0 Å². The monoisotopic (exact) mass is 483 g/mol. The second-order valence-corrected chi connectivity index (χ2v) is 9.15. The molecule has 0 radical (unpaired) electrons. The highest BCUT2D eigenvalue weighted by atomic mass is 35.5. The van der Waals surface area contributed by atoms with Crippen LogP contribution >= 0.6 is 23.4 Å². The number of hydrogen-bond donors (Lipinski definition) is 3. The molecule has 0 atom stereocenters. The van der Waals surface area contributed by atoms with Crippen molar-refractivity contribution in [3.63, 3.8) is 0 Å². The maximum Gasteiger partial charge on any atom is 0.166 e. The molecule has 0 aliphatic carbocycles. The van der Waals surface area contributed by atoms with Gasteiger partial charge in [-0.05, 0) is 42.5 Å². The Labute approximate surface area is 204 Å². The van der Waals surface area contributed by atoms with E-state index in [4.69, 9.17) is 16.0 Å². The van der Waals surface area contributed by atoms with Gasteiger partial charge in [-0.1, -0.05) is 47.6 Å². The van der Waals surface area contributed by atoms with E-state index in [0.29, 0.717) is 5.02 Å². The summed E-state index contributed by atoms with van der Waals surface area (Å²) in [6.45, 7) is 0. The first-order valence-electron chi connectivity index (χ1n) is 10.6. The first kappa shape index (κ1) is 20.7. The van der Waals surface area contributed by atoms with Crippen molar-refractivity contribution in [1.29, 1.82) is 0 Å². The van der Waals surface area contributed by atoms with Crippen molar-refractivity contribution in [2.24, 2.45) is 0 Å². The third-order valence-corrected chi connectivity index (χ3v) is 6.69. The van der Waals surface area contributed by atoms with Gasteiger partial charge >= 0.3 is 0 Å². The van der Waals surface area contributed by atoms with E-state index in [2.05, 4.69) is 62.5 Å². The molecule has 0 saturated carbocycles. The topological polar surface area (TPSA) is 75.0 Å². The van der Waals surface area contributed by atoms with Gasteiger partial charge in [-0.2, -0.15) is 0 Å². The molecule has 3 N–H and O–H groups in total. The molecule has 3 aromatic heterocycles. The summed E-state index contributed by atoms with van der Waals surface area (Å²) in [6, 6.07) is 24.0. The van der Waals surface area contributed by atoms with E-state index in [0.717, 1.165) is 54.2 Å². The number of aromatic nitrogens is 2. The van der Waals surface area contributed by atoms with Gasteiger partial charge in [-0.3, -0.25) is 20.8 Å². The second kappa shape index (κ2) is 8.78. The zero-order chi connectivity index (χ0) is 22.9. The summed E-state index contributed by atoms with van der Waals surface area (Å²) in [6.07, 6.45) is 5.12. The van der Waals surface area contributed by atoms with Gasteiger partial charge < -0.3 is 9.73 Å². The van der Waals surface area contributed by atoms with E-state index in [1.807, 2.05) is 36.4 Å². The molecule has 0 fully saturated rings. The molecule has 0 bridgehead atoms. The molecule has 1 aliphatic heterocycles. The van der Waals surface area contributed by atoms with Gasteiger partial charge in [0.1, 0.15) is 11.3 Å². The lowest BCUT2D eigenvalue weighted by Gasteiger charge is -2.22. The third kappa shape index (κ3) is 3.96. The van der Waals surface area contributed by atoms with Gasteiger partial charge in [0.15, 0.2) is 5.58 Å². The van der Waals surface area contributed by atoms with Crippen LogP contribution in [0.1, 0.15) is 5.69 Å². The average molecular weight is 484 g/mol. The Hall–Kier alpha value is -3.94. The van der Waals surface area contributed by atoms with Gasteiger partial charge in [0.25, 0.3) is 0 Å². The standard InChI is InChI=1S/C26H18ClN5OS/c27-16-5-10-21(29-15-16)24-19-3-1-2-4-20(19)26(32-31-24)30-17-6-8-18(9-7-17)34-23-11-13-28-22-12-14-33-25(22)23/h1-15,30-32H. The van der Waals surface area contributed by atoms with Crippen molar-refractivity contribution >= 4 is 51.7 Å². The highest BCUT2D eigenvalue weighted by molar-refractivity contribution is 7.99. The fraction of sp³-hybridized carbons (Fsp3) is 0. The predicted octanol–water partition coefficient (Wildman–Crippen LogP) is 4.47. The van der Waals surface area contributed by atoms with Gasteiger partial charge in [0, 0.05) is 39.5 Å². The molecule has 0 amide bonds. The van der Waals surface area contributed by atoms with Crippen LogP contribution in [0.5, 0.6) is 0 Å². The van der Waals surface area contributed by atoms with Crippen LogP contribution in [-0.4, -0.2) is 9.97 Å². The Morgan fingerprint density at radius 1 is 0.853 bits per heavy atom. The Bertz CT molecular complexity index is 1610. The summed E-state index contributed by atoms with van der Waals surface area (Å²) < 4.78 is 5.60. The number of nitrogens with one attached hydrogen (secondary N) is 3. The summed E-state index contributed by atoms with van der Waals surface area (Å²) >= 11 is 7.66. The van der Waals surface area contributed by atoms with Gasteiger partial charge in [-0.25, -0.2) is 0 Å². The smallest absolute Gasteiger partial charge is 0.166 e. The number of benzene rings is 2. The van der Waals surface area contributed by atoms with Crippen LogP contribution in [0.2, 0.25) is 5.02 Å². The summed E-state index contributed by atoms with van der Waals surface area (Å²) in [4.78, 5) is 10.9. The van der Waals surface area contributed by atoms with Crippen LogP contribution in [0, 0.1) is 0 Å². The van der Waals surface area contributed by atoms with Crippen molar-refractivity contribution in [1.82, 2.24) is 20.8 Å². The molecular weight excluding hydrogens is 466 g/mol. The number of anilines is 1. The maximum absolute atomic E-state index is 6.01. The molecule has 0 spiro atoms. The molecular formula is C26H18ClN5OS. The fourth-order valence-corrected chi connectivity index (χ4v) is 4.82. The fourth-order valence-electron chi connectivity index (χ4n) is 3.81. The summed E-state index contributed by atoms with van der Waals surface area (Å²) in [5.74, 6) is 0.861. The van der Waals surface area contributed by atoms with Gasteiger partial charge in [0.05, 0.1) is 27.6 Å². The quantitative estimate of drug-likeness (QED) is 0.340. The molecule has 0 unspecified atom stereocenters. The van der Waals surface area contributed by atoms with Gasteiger partial charge in [0.2, 0.25) is 0 Å². The Morgan fingerprint density at radius 3 is 2.53 bits per heavy atom. The number of nitrogens with zero attached hydrogens (tertiary/aromatic N) is 2. The summed E-state index contributed by atoms with van der Waals surface area (Å²) in [7, 11) is 0. The van der Waals surface area contributed by atoms with E-state index in [1.165, 1.54) is 0 Å². The molecule has 4 heterocycles. The minimum absolute atomic E-state index is 0.606. The highest BCUT2D eigenvalue weighted by Crippen LogP contribution is 2.33. The molecule has 8 heteroatoms. The van der Waals surface area contributed by atoms with E-state index in [-0.39, 0.29) is 0 Å². The molecule has 166 valence electrons. The minimum atomic E-state index is 0.606. The number of halogens is 1. The van der Waals surface area contributed by atoms with Crippen molar-refractivity contribution in [2.75, 3.05) is 5.32 Å². The van der Waals surface area contributed by atoms with Crippen molar-refractivity contribution < 1.29 is 4.42 Å². The number of hydrazine groups is 1. The molecule has 6 rings (SSSR count). The molecule has 1 aliphatic rings. The SMILES string of the molecule is Clc1ccc(C2=c3ccccc3=C(Nc3ccc(Sc4ccnc5ccoc45)cc3)NN2)nc1. The lowest BCUT2D eigenvalue weighted by atomic mass is 10.1. The van der Waals surface area contributed by atoms with E-state index in [1.54, 1.807) is 30.4 Å². The largest absolute Gasteiger partial charge is 0.461 e. The van der Waals surface area contributed by atoms with Crippen LogP contribution < -0.4 is 26.6 Å². The van der Waals surface area contributed by atoms with Crippen LogP contribution in [0.3, 0.4) is 0 Å². The molecule has 6 nitrogen and oxygen atoms in total. The zero-order valence-electron chi connectivity index (χ0n) is 17.7. The molecule has 34 heavy (non-hydrogen) atoms. The summed E-state index contributed by atoms with van der Waals surface area (Å²) in [5.41, 5.74) is 10.9. The predicted molar refractivity (Wildman–Crippen MR) is 135 cm³/mol. The number of furan rings is 1. The van der Waals surface area contributed by atoms with Crippen LogP contribution in [0.25, 0.3) is 22.6 Å². The average Bonchev–Trinajstić information content (AvgIpc) is 3.36. The Kier molecular flexibility index (Phi) is 5.33. The zero-order valence-corrected chi connectivity index (χ0v) is 19.3. The second-order valence-electron chi connectivity index (χ2n) is 7.60. The molecule has 2 aromatic carbocycles. The minimum Gasteiger partial charge on any atom is -0.461 e. The Morgan fingerprint density at radius 2 is 1.71 bits per heavy atom. The van der Waals surface area contributed by atoms with E-state index < -0.39 is 0 Å². The van der Waals surface area contributed by atoms with Crippen LogP contribution in [0.4, 0.5) is 5.69 Å². The lowest BCUT2D eigenvalue weighted by Crippen LogP contribution is -2.49. The van der Waals surface area contributed by atoms with Crippen LogP contribution in [0.15, 0.2) is 106 Å². The number of rotatable bonds is 5. The van der Waals surface area contributed by atoms with Crippen molar-refractivity contribution in [3.05, 3.63) is 113 Å². The van der Waals surface area contributed by atoms with Crippen molar-refractivity contribution in [3.8, 4) is 0 Å². The third-order valence-electron chi connectivity index (χ3n) is 5.42. The number of fused-ring (bicyclic) bond motifs is 2. The number of pyridine rings is 2. The summed E-state index contributed by atoms with van der Waals surface area (Å²) in [5, 5.41) is 6.18. The van der Waals surface area contributed by atoms with E-state index in [9.17, 15) is 0 Å². The number of hydrogen-bond acceptors (Lipinski definition) is 7. The highest BCUT2D eigenvalue weighted by Gasteiger charge is 2.13. The van der Waals surface area contributed by atoms with E-state index >= 15 is 0 Å². The molecule has 5 aromatic rings. The van der Waals surface area contributed by atoms with Crippen molar-refractivity contribution in [2.45, 2.75) is 9.79 Å². The Balaban J connectivity index is 1.30. The lowest BCUT2D eigenvalue weighted by molar-refractivity contribution is 0.608.